The number of rotatable bonds is 6. The smallest absolute Gasteiger partial charge is 0.160 e. The standard InChI is InChI=1S/C17H19N3O2/c1-22-16-9-12(4-5-15(16)21)6-8-18-11-14-10-13-3-2-7-19-17(13)20-14/h2-5,7,9-10,18,21H,6,8,11H2,1H3,(H,19,20). The molecule has 114 valence electrons. The third-order valence-corrected chi connectivity index (χ3v) is 3.60. The Labute approximate surface area is 129 Å². The van der Waals surface area contributed by atoms with Gasteiger partial charge in [-0.1, -0.05) is 6.07 Å². The first kappa shape index (κ1) is 14.4. The van der Waals surface area contributed by atoms with Gasteiger partial charge in [0.1, 0.15) is 5.65 Å². The Morgan fingerprint density at radius 2 is 2.18 bits per heavy atom. The molecule has 0 unspecified atom stereocenters. The molecule has 0 atom stereocenters. The molecule has 3 N–H and O–H groups in total. The summed E-state index contributed by atoms with van der Waals surface area (Å²) < 4.78 is 5.11. The number of aromatic nitrogens is 2. The lowest BCUT2D eigenvalue weighted by Crippen LogP contribution is -2.16. The molecule has 0 aliphatic carbocycles. The fourth-order valence-corrected chi connectivity index (χ4v) is 2.44. The van der Waals surface area contributed by atoms with Gasteiger partial charge in [-0.15, -0.1) is 0 Å². The van der Waals surface area contributed by atoms with Crippen molar-refractivity contribution >= 4 is 11.0 Å². The average Bonchev–Trinajstić information content (AvgIpc) is 2.95. The molecule has 5 heteroatoms. The molecule has 0 saturated heterocycles. The molecule has 0 saturated carbocycles. The zero-order chi connectivity index (χ0) is 15.4. The van der Waals surface area contributed by atoms with Crippen molar-refractivity contribution in [3.8, 4) is 11.5 Å². The average molecular weight is 297 g/mol. The predicted octanol–water partition coefficient (Wildman–Crippen LogP) is 2.61. The monoisotopic (exact) mass is 297 g/mol. The van der Waals surface area contributed by atoms with E-state index < -0.39 is 0 Å². The SMILES string of the molecule is COc1cc(CCNCc2cc3cccnc3[nH]2)ccc1O. The summed E-state index contributed by atoms with van der Waals surface area (Å²) in [7, 11) is 1.56. The third-order valence-electron chi connectivity index (χ3n) is 3.60. The van der Waals surface area contributed by atoms with Crippen molar-refractivity contribution in [1.29, 1.82) is 0 Å². The second-order valence-electron chi connectivity index (χ2n) is 5.17. The first-order valence-corrected chi connectivity index (χ1v) is 7.25. The van der Waals surface area contributed by atoms with Crippen LogP contribution in [0.25, 0.3) is 11.0 Å². The van der Waals surface area contributed by atoms with Crippen molar-refractivity contribution in [3.05, 3.63) is 53.9 Å². The number of aromatic hydroxyl groups is 1. The molecule has 0 amide bonds. The summed E-state index contributed by atoms with van der Waals surface area (Å²) in [5.74, 6) is 0.684. The van der Waals surface area contributed by atoms with Crippen molar-refractivity contribution in [3.63, 3.8) is 0 Å². The van der Waals surface area contributed by atoms with Gasteiger partial charge in [0.05, 0.1) is 7.11 Å². The van der Waals surface area contributed by atoms with Gasteiger partial charge in [0, 0.05) is 23.8 Å². The van der Waals surface area contributed by atoms with E-state index in [1.54, 1.807) is 19.4 Å². The molecule has 0 fully saturated rings. The molecular weight excluding hydrogens is 278 g/mol. The minimum absolute atomic E-state index is 0.171. The normalized spacial score (nSPS) is 11.0. The molecule has 2 heterocycles. The molecule has 0 aliphatic rings. The van der Waals surface area contributed by atoms with Crippen LogP contribution in [-0.4, -0.2) is 28.7 Å². The van der Waals surface area contributed by atoms with Gasteiger partial charge in [-0.25, -0.2) is 4.98 Å². The van der Waals surface area contributed by atoms with Crippen LogP contribution in [0.15, 0.2) is 42.6 Å². The molecule has 0 bridgehead atoms. The highest BCUT2D eigenvalue weighted by Crippen LogP contribution is 2.26. The van der Waals surface area contributed by atoms with Gasteiger partial charge in [0.2, 0.25) is 0 Å². The molecule has 22 heavy (non-hydrogen) atoms. The van der Waals surface area contributed by atoms with Crippen LogP contribution in [0.5, 0.6) is 11.5 Å². The highest BCUT2D eigenvalue weighted by molar-refractivity contribution is 5.76. The topological polar surface area (TPSA) is 70.2 Å². The second-order valence-corrected chi connectivity index (χ2v) is 5.17. The number of nitrogens with zero attached hydrogens (tertiary/aromatic N) is 1. The van der Waals surface area contributed by atoms with Gasteiger partial charge in [-0.3, -0.25) is 0 Å². The van der Waals surface area contributed by atoms with E-state index in [0.29, 0.717) is 5.75 Å². The molecular formula is C17H19N3O2. The van der Waals surface area contributed by atoms with E-state index in [2.05, 4.69) is 21.4 Å². The van der Waals surface area contributed by atoms with Gasteiger partial charge in [0.15, 0.2) is 11.5 Å². The van der Waals surface area contributed by atoms with E-state index in [9.17, 15) is 5.11 Å². The van der Waals surface area contributed by atoms with Gasteiger partial charge >= 0.3 is 0 Å². The third kappa shape index (κ3) is 3.20. The molecule has 1 aromatic carbocycles. The maximum absolute atomic E-state index is 9.57. The zero-order valence-corrected chi connectivity index (χ0v) is 12.5. The van der Waals surface area contributed by atoms with E-state index in [0.717, 1.165) is 41.8 Å². The molecule has 0 spiro atoms. The van der Waals surface area contributed by atoms with Crippen LogP contribution in [0.3, 0.4) is 0 Å². The van der Waals surface area contributed by atoms with E-state index >= 15 is 0 Å². The molecule has 3 aromatic rings. The maximum Gasteiger partial charge on any atom is 0.160 e. The van der Waals surface area contributed by atoms with E-state index in [1.165, 1.54) is 0 Å². The first-order chi connectivity index (χ1) is 10.8. The van der Waals surface area contributed by atoms with Crippen LogP contribution in [0.2, 0.25) is 0 Å². The highest BCUT2D eigenvalue weighted by atomic mass is 16.5. The molecule has 2 aromatic heterocycles. The summed E-state index contributed by atoms with van der Waals surface area (Å²) in [5, 5.41) is 14.1. The molecule has 0 radical (unpaired) electrons. The van der Waals surface area contributed by atoms with Crippen LogP contribution in [0.4, 0.5) is 0 Å². The van der Waals surface area contributed by atoms with Crippen molar-refractivity contribution in [1.82, 2.24) is 15.3 Å². The Morgan fingerprint density at radius 3 is 3.00 bits per heavy atom. The number of aromatic amines is 1. The maximum atomic E-state index is 9.57. The number of ether oxygens (including phenoxy) is 1. The molecule has 0 aliphatic heterocycles. The lowest BCUT2D eigenvalue weighted by atomic mass is 10.1. The number of benzene rings is 1. The van der Waals surface area contributed by atoms with Crippen LogP contribution < -0.4 is 10.1 Å². The summed E-state index contributed by atoms with van der Waals surface area (Å²) >= 11 is 0. The number of fused-ring (bicyclic) bond motifs is 1. The van der Waals surface area contributed by atoms with Gasteiger partial charge < -0.3 is 20.1 Å². The van der Waals surface area contributed by atoms with Crippen molar-refractivity contribution < 1.29 is 9.84 Å². The second kappa shape index (κ2) is 6.49. The Hall–Kier alpha value is -2.53. The number of pyridine rings is 1. The summed E-state index contributed by atoms with van der Waals surface area (Å²) in [6.07, 6.45) is 2.66. The van der Waals surface area contributed by atoms with Crippen LogP contribution in [-0.2, 0) is 13.0 Å². The van der Waals surface area contributed by atoms with E-state index in [4.69, 9.17) is 4.74 Å². The number of H-pyrrole nitrogens is 1. The number of hydrogen-bond donors (Lipinski definition) is 3. The minimum atomic E-state index is 0.171. The number of methoxy groups -OCH3 is 1. The van der Waals surface area contributed by atoms with Crippen molar-refractivity contribution in [2.24, 2.45) is 0 Å². The number of nitrogens with one attached hydrogen (secondary N) is 2. The van der Waals surface area contributed by atoms with Crippen molar-refractivity contribution in [2.45, 2.75) is 13.0 Å². The molecule has 3 rings (SSSR count). The fourth-order valence-electron chi connectivity index (χ4n) is 2.44. The summed E-state index contributed by atoms with van der Waals surface area (Å²) in [5.41, 5.74) is 3.17. The largest absolute Gasteiger partial charge is 0.504 e. The predicted molar refractivity (Wildman–Crippen MR) is 86.2 cm³/mol. The van der Waals surface area contributed by atoms with Gasteiger partial charge in [0.25, 0.3) is 0 Å². The fraction of sp³-hybridized carbons (Fsp3) is 0.235. The summed E-state index contributed by atoms with van der Waals surface area (Å²) in [6.45, 7) is 1.61. The van der Waals surface area contributed by atoms with Crippen LogP contribution in [0, 0.1) is 0 Å². The van der Waals surface area contributed by atoms with Crippen LogP contribution in [0.1, 0.15) is 11.3 Å². The number of phenolic OH excluding ortho intramolecular Hbond substituents is 1. The van der Waals surface area contributed by atoms with Gasteiger partial charge in [-0.05, 0) is 48.9 Å². The Kier molecular flexibility index (Phi) is 4.25. The lowest BCUT2D eigenvalue weighted by Gasteiger charge is -2.07. The Bertz CT molecular complexity index is 734. The minimum Gasteiger partial charge on any atom is -0.504 e. The Morgan fingerprint density at radius 1 is 1.27 bits per heavy atom. The Balaban J connectivity index is 1.53. The van der Waals surface area contributed by atoms with Gasteiger partial charge in [-0.2, -0.15) is 0 Å². The van der Waals surface area contributed by atoms with E-state index in [1.807, 2.05) is 24.3 Å². The van der Waals surface area contributed by atoms with E-state index in [-0.39, 0.29) is 5.75 Å². The van der Waals surface area contributed by atoms with Crippen LogP contribution >= 0.6 is 0 Å². The summed E-state index contributed by atoms with van der Waals surface area (Å²) in [6, 6.07) is 11.5. The van der Waals surface area contributed by atoms with Crippen molar-refractivity contribution in [2.75, 3.05) is 13.7 Å². The highest BCUT2D eigenvalue weighted by Gasteiger charge is 2.03. The molecule has 5 nitrogen and oxygen atoms in total. The first-order valence-electron chi connectivity index (χ1n) is 7.25. The lowest BCUT2D eigenvalue weighted by molar-refractivity contribution is 0.373. The number of phenols is 1. The summed E-state index contributed by atoms with van der Waals surface area (Å²) in [4.78, 5) is 7.58. The quantitative estimate of drug-likeness (QED) is 0.612. The number of hydrogen-bond acceptors (Lipinski definition) is 4. The zero-order valence-electron chi connectivity index (χ0n) is 12.5.